The second-order valence-electron chi connectivity index (χ2n) is 11.3. The second-order valence-corrected chi connectivity index (χ2v) is 11.3. The van der Waals surface area contributed by atoms with Gasteiger partial charge in [-0.15, -0.1) is 0 Å². The van der Waals surface area contributed by atoms with E-state index in [1.807, 2.05) is 0 Å². The fourth-order valence-electron chi connectivity index (χ4n) is 5.06. The zero-order valence-corrected chi connectivity index (χ0v) is 24.4. The fourth-order valence-corrected chi connectivity index (χ4v) is 5.06. The van der Waals surface area contributed by atoms with E-state index in [2.05, 4.69) is 16.0 Å². The van der Waals surface area contributed by atoms with E-state index < -0.39 is 78.0 Å². The van der Waals surface area contributed by atoms with E-state index in [4.69, 9.17) is 17.2 Å². The molecule has 11 nitrogen and oxygen atoms in total. The van der Waals surface area contributed by atoms with Gasteiger partial charge in [-0.05, 0) is 61.0 Å². The average Bonchev–Trinajstić information content (AvgIpc) is 2.94. The molecule has 5 atom stereocenters. The van der Waals surface area contributed by atoms with Gasteiger partial charge in [-0.1, -0.05) is 18.2 Å². The van der Waals surface area contributed by atoms with Crippen LogP contribution >= 0.6 is 0 Å². The summed E-state index contributed by atoms with van der Waals surface area (Å²) in [6.45, 7) is 0. The summed E-state index contributed by atoms with van der Waals surface area (Å²) in [6, 6.07) is 2.00. The van der Waals surface area contributed by atoms with E-state index in [9.17, 15) is 50.8 Å². The van der Waals surface area contributed by atoms with Gasteiger partial charge in [0.1, 0.15) is 6.04 Å². The van der Waals surface area contributed by atoms with Gasteiger partial charge in [0.25, 0.3) is 0 Å². The summed E-state index contributed by atoms with van der Waals surface area (Å²) >= 11 is 0. The summed E-state index contributed by atoms with van der Waals surface area (Å²) in [7, 11) is -2.32. The summed E-state index contributed by atoms with van der Waals surface area (Å²) < 4.78 is 79.3. The molecule has 0 radical (unpaired) electrons. The molecule has 0 heterocycles. The van der Waals surface area contributed by atoms with Crippen molar-refractivity contribution in [3.05, 3.63) is 59.2 Å². The topological polar surface area (TPSA) is 206 Å². The quantitative estimate of drug-likeness (QED) is 0.126. The van der Waals surface area contributed by atoms with Crippen LogP contribution in [0.1, 0.15) is 48.8 Å². The van der Waals surface area contributed by atoms with Crippen LogP contribution in [-0.4, -0.2) is 65.1 Å². The van der Waals surface area contributed by atoms with Crippen LogP contribution in [-0.2, 0) is 33.2 Å². The van der Waals surface area contributed by atoms with Gasteiger partial charge in [-0.25, -0.2) is 0 Å². The molecule has 2 aromatic rings. The number of amides is 3. The summed E-state index contributed by atoms with van der Waals surface area (Å²) in [6.07, 6.45) is -8.64. The van der Waals surface area contributed by atoms with E-state index in [0.29, 0.717) is 31.4 Å². The van der Waals surface area contributed by atoms with E-state index in [-0.39, 0.29) is 36.5 Å². The first-order chi connectivity index (χ1) is 21.3. The first-order valence-electron chi connectivity index (χ1n) is 14.2. The van der Waals surface area contributed by atoms with Crippen LogP contribution < -0.4 is 38.6 Å². The van der Waals surface area contributed by atoms with Gasteiger partial charge in [-0.2, -0.15) is 26.3 Å². The number of carbonyl (C=O) groups is 3. The molecule has 0 spiro atoms. The van der Waals surface area contributed by atoms with Crippen molar-refractivity contribution >= 4 is 36.0 Å². The van der Waals surface area contributed by atoms with Crippen molar-refractivity contribution in [2.75, 3.05) is 5.32 Å². The van der Waals surface area contributed by atoms with Gasteiger partial charge < -0.3 is 43.2 Å². The monoisotopic (exact) mass is 660 g/mol. The molecule has 1 fully saturated rings. The Balaban J connectivity index is 1.75. The Morgan fingerprint density at radius 3 is 2.00 bits per heavy atom. The first kappa shape index (κ1) is 36.8. The molecule has 3 rings (SSSR count). The van der Waals surface area contributed by atoms with Crippen molar-refractivity contribution in [2.45, 2.75) is 81.1 Å². The Morgan fingerprint density at radius 2 is 1.46 bits per heavy atom. The number of carbonyl (C=O) groups excluding carboxylic acids is 3. The number of halogens is 6. The van der Waals surface area contributed by atoms with Gasteiger partial charge in [0.05, 0.1) is 17.2 Å². The zero-order chi connectivity index (χ0) is 34.4. The van der Waals surface area contributed by atoms with Crippen LogP contribution in [0, 0.1) is 0 Å². The maximum atomic E-state index is 13.4. The molecule has 46 heavy (non-hydrogen) atoms. The summed E-state index contributed by atoms with van der Waals surface area (Å²) in [5.41, 5.74) is 14.6. The van der Waals surface area contributed by atoms with Gasteiger partial charge in [0.15, 0.2) is 0 Å². The van der Waals surface area contributed by atoms with Crippen LogP contribution in [0.15, 0.2) is 42.5 Å². The van der Waals surface area contributed by atoms with Crippen LogP contribution in [0.2, 0.25) is 0 Å². The average molecular weight is 660 g/mol. The molecule has 3 amide bonds. The van der Waals surface area contributed by atoms with E-state index >= 15 is 0 Å². The highest BCUT2D eigenvalue weighted by Gasteiger charge is 2.34. The maximum absolute atomic E-state index is 13.4. The minimum Gasteiger partial charge on any atom is -0.423 e. The molecule has 0 aromatic heterocycles. The van der Waals surface area contributed by atoms with Crippen molar-refractivity contribution in [3.63, 3.8) is 0 Å². The molecule has 0 aliphatic heterocycles. The minimum absolute atomic E-state index is 0.154. The Kier molecular flexibility index (Phi) is 12.2. The number of hydrogen-bond acceptors (Lipinski definition) is 8. The molecule has 0 bridgehead atoms. The Hall–Kier alpha value is -3.71. The molecule has 11 N–H and O–H groups in total. The molecule has 252 valence electrons. The van der Waals surface area contributed by atoms with E-state index in [0.717, 1.165) is 30.3 Å². The smallest absolute Gasteiger partial charge is 0.423 e. The third kappa shape index (κ3) is 11.0. The van der Waals surface area contributed by atoms with Gasteiger partial charge in [0.2, 0.25) is 17.7 Å². The third-order valence-corrected chi connectivity index (χ3v) is 7.37. The molecule has 2 aromatic carbocycles. The molecular formula is C28H35BF6N6O5. The number of anilines is 1. The number of nitrogens with two attached hydrogens (primary N) is 3. The Morgan fingerprint density at radius 1 is 0.870 bits per heavy atom. The van der Waals surface area contributed by atoms with E-state index in [1.165, 1.54) is 0 Å². The Labute approximate surface area is 260 Å². The fraction of sp³-hybridized carbons (Fsp3) is 0.464. The highest BCUT2D eigenvalue weighted by atomic mass is 19.4. The lowest BCUT2D eigenvalue weighted by Crippen LogP contribution is -2.51. The molecule has 1 saturated carbocycles. The summed E-state index contributed by atoms with van der Waals surface area (Å²) in [5, 5.41) is 26.2. The molecular weight excluding hydrogens is 625 g/mol. The van der Waals surface area contributed by atoms with Gasteiger partial charge in [-0.3, -0.25) is 14.4 Å². The highest BCUT2D eigenvalue weighted by molar-refractivity contribution is 6.58. The lowest BCUT2D eigenvalue weighted by Gasteiger charge is -2.31. The number of nitrogens with one attached hydrogen (secondary N) is 3. The number of rotatable bonds is 11. The van der Waals surface area contributed by atoms with Crippen LogP contribution in [0.5, 0.6) is 0 Å². The van der Waals surface area contributed by atoms with Gasteiger partial charge >= 0.3 is 19.5 Å². The lowest BCUT2D eigenvalue weighted by atomic mass is 9.79. The predicted molar refractivity (Wildman–Crippen MR) is 156 cm³/mol. The molecule has 1 aliphatic carbocycles. The number of hydrogen-bond donors (Lipinski definition) is 8. The molecule has 18 heteroatoms. The van der Waals surface area contributed by atoms with Crippen LogP contribution in [0.3, 0.4) is 0 Å². The first-order valence-corrected chi connectivity index (χ1v) is 14.2. The van der Waals surface area contributed by atoms with Gasteiger partial charge in [0, 0.05) is 36.7 Å². The minimum atomic E-state index is -4.92. The summed E-state index contributed by atoms with van der Waals surface area (Å²) in [4.78, 5) is 38.7. The largest absolute Gasteiger partial charge is 0.488 e. The molecule has 1 aliphatic rings. The third-order valence-electron chi connectivity index (χ3n) is 7.37. The predicted octanol–water partition coefficient (Wildman–Crippen LogP) is 0.501. The normalized spacial score (nSPS) is 19.9. The second kappa shape index (κ2) is 15.3. The van der Waals surface area contributed by atoms with Crippen molar-refractivity contribution in [3.8, 4) is 0 Å². The van der Waals surface area contributed by atoms with Crippen LogP contribution in [0.25, 0.3) is 0 Å². The molecule has 0 unspecified atom stereocenters. The Bertz CT molecular complexity index is 1370. The zero-order valence-electron chi connectivity index (χ0n) is 24.4. The number of alkyl halides is 6. The SMILES string of the molecule is N[C@@H]1C[C@H](N)C[C@@H](NC(=O)CC[C@H](N)C(=O)N[C@H](Cc2ccc(C(F)(F)F)cc2)C(=O)Nc2cc(B(O)O)cc(C(F)(F)F)c2)C1. The van der Waals surface area contributed by atoms with Crippen LogP contribution in [0.4, 0.5) is 32.0 Å². The highest BCUT2D eigenvalue weighted by Crippen LogP contribution is 2.31. The van der Waals surface area contributed by atoms with Crippen molar-refractivity contribution in [2.24, 2.45) is 17.2 Å². The van der Waals surface area contributed by atoms with Crippen molar-refractivity contribution in [1.82, 2.24) is 10.6 Å². The lowest BCUT2D eigenvalue weighted by molar-refractivity contribution is -0.138. The van der Waals surface area contributed by atoms with E-state index in [1.54, 1.807) is 0 Å². The number of benzene rings is 2. The standard InChI is InChI=1S/C28H35BF6N6O5/c30-27(31,32)15-3-1-14(2-4-15)7-23(26(44)40-20-9-16(28(33,34)35)8-17(10-20)29(45)46)41-25(43)22(38)5-6-24(42)39-21-12-18(36)11-19(37)13-21/h1-4,8-10,18-19,21-23,45-46H,5-7,11-13,36-38H2,(H,39,42)(H,40,44)(H,41,43)/t18-,19+,21+,22-,23+/m0/s1. The molecule has 0 saturated heterocycles. The maximum Gasteiger partial charge on any atom is 0.488 e. The van der Waals surface area contributed by atoms with Crippen molar-refractivity contribution < 1.29 is 50.8 Å². The van der Waals surface area contributed by atoms with Crippen molar-refractivity contribution in [1.29, 1.82) is 0 Å². The summed E-state index contributed by atoms with van der Waals surface area (Å²) in [5.74, 6) is -2.42.